The summed E-state index contributed by atoms with van der Waals surface area (Å²) in [6.45, 7) is 0.318. The highest BCUT2D eigenvalue weighted by atomic mass is 32.1. The van der Waals surface area contributed by atoms with Gasteiger partial charge in [0.1, 0.15) is 30.2 Å². The number of carbonyl (C=O) groups is 10. The van der Waals surface area contributed by atoms with Crippen molar-refractivity contribution in [2.24, 2.45) is 11.7 Å². The summed E-state index contributed by atoms with van der Waals surface area (Å²) in [5, 5.41) is 12.7. The number of benzene rings is 3. The molecule has 87 heavy (non-hydrogen) atoms. The highest BCUT2D eigenvalue weighted by Crippen LogP contribution is 2.59. The molecule has 3 aromatic carbocycles. The lowest BCUT2D eigenvalue weighted by Crippen LogP contribution is -2.62. The molecule has 4 aromatic rings. The maximum absolute atomic E-state index is 14.8. The van der Waals surface area contributed by atoms with E-state index in [-0.39, 0.29) is 109 Å². The van der Waals surface area contributed by atoms with Crippen LogP contribution in [0.1, 0.15) is 113 Å². The van der Waals surface area contributed by atoms with Crippen molar-refractivity contribution in [3.8, 4) is 11.8 Å². The second kappa shape index (κ2) is 26.4. The van der Waals surface area contributed by atoms with Gasteiger partial charge in [-0.2, -0.15) is 8.78 Å². The van der Waals surface area contributed by atoms with Gasteiger partial charge in [-0.25, -0.2) is 13.6 Å². The van der Waals surface area contributed by atoms with Crippen LogP contribution in [0.15, 0.2) is 60.7 Å². The molecular formula is C58H63F4N10O13PS. The van der Waals surface area contributed by atoms with Crippen LogP contribution in [-0.4, -0.2) is 158 Å². The number of likely N-dealkylation sites (tertiary alicyclic amines) is 1. The smallest absolute Gasteiger partial charge is 0.370 e. The lowest BCUT2D eigenvalue weighted by Gasteiger charge is -2.38. The first-order chi connectivity index (χ1) is 41.3. The van der Waals surface area contributed by atoms with E-state index in [1.165, 1.54) is 38.8 Å². The number of urea groups is 1. The molecule has 0 radical (unpaired) electrons. The molecule has 4 saturated heterocycles. The van der Waals surface area contributed by atoms with Crippen LogP contribution in [-0.2, 0) is 56.8 Å². The molecule has 23 nitrogen and oxygen atoms in total. The Morgan fingerprint density at radius 2 is 1.63 bits per heavy atom. The number of amides is 11. The van der Waals surface area contributed by atoms with E-state index in [1.54, 1.807) is 18.2 Å². The highest BCUT2D eigenvalue weighted by molar-refractivity contribution is 7.52. The standard InChI is InChI=1S/C58H63F4N10O13PS/c1-64-57(82)70-24-21-36-11-14-45(72(36)56(81)43(30-70)67-53(78)47-28-34-27-35(10-16-46(34)87-47)58(61,62)86(83,84)85)52(77)65-41(13-17-48(63)73)50(75)66-42(26-32-9-12-39(59)40(60)25-32)55(80)69-22-19-31(20-23-69)5-2-3-6-33-7-4-8-37-38(33)29-71(54(37)79)44-15-18-49(74)68-51(44)76/h4,7-10,12,16,25,27-28,31,36,41-45H,2,5,11,13-15,17-24,26,29-30H2,1H3,(H2,63,73)(H,64,82)(H,65,77)(H,66,75)(H,67,78)(H,68,74,76)(H2,83,84,85)/t36-,41+,42+,43+,44?,45+/m1/s1. The summed E-state index contributed by atoms with van der Waals surface area (Å²) in [7, 11) is -4.57. The Balaban J connectivity index is 0.867. The van der Waals surface area contributed by atoms with Crippen LogP contribution >= 0.6 is 18.9 Å². The predicted molar refractivity (Wildman–Crippen MR) is 304 cm³/mol. The summed E-state index contributed by atoms with van der Waals surface area (Å²) in [5.41, 5.74) is 1.90. The second-order valence-corrected chi connectivity index (χ2v) is 24.9. The van der Waals surface area contributed by atoms with E-state index in [0.29, 0.717) is 42.4 Å². The Morgan fingerprint density at radius 1 is 0.885 bits per heavy atom. The van der Waals surface area contributed by atoms with Crippen molar-refractivity contribution in [3.63, 3.8) is 0 Å². The molecule has 462 valence electrons. The van der Waals surface area contributed by atoms with Crippen molar-refractivity contribution in [2.75, 3.05) is 33.2 Å². The van der Waals surface area contributed by atoms with Crippen molar-refractivity contribution in [2.45, 2.75) is 126 Å². The molecule has 29 heteroatoms. The second-order valence-electron chi connectivity index (χ2n) is 22.2. The molecule has 4 fully saturated rings. The van der Waals surface area contributed by atoms with Crippen LogP contribution in [0.25, 0.3) is 10.1 Å². The molecule has 1 unspecified atom stereocenters. The van der Waals surface area contributed by atoms with E-state index >= 15 is 0 Å². The number of imide groups is 1. The first-order valence-corrected chi connectivity index (χ1v) is 30.7. The van der Waals surface area contributed by atoms with E-state index in [9.17, 15) is 79.9 Å². The van der Waals surface area contributed by atoms with Crippen molar-refractivity contribution >= 4 is 88.2 Å². The van der Waals surface area contributed by atoms with E-state index in [0.717, 1.165) is 41.7 Å². The number of piperidine rings is 2. The number of carbonyl (C=O) groups excluding carboxylic acids is 10. The third kappa shape index (κ3) is 14.1. The first-order valence-electron chi connectivity index (χ1n) is 28.3. The number of fused-ring (bicyclic) bond motifs is 3. The Bertz CT molecular complexity index is 3570. The van der Waals surface area contributed by atoms with Gasteiger partial charge in [0.25, 0.3) is 11.8 Å². The van der Waals surface area contributed by atoms with Gasteiger partial charge in [-0.3, -0.25) is 53.0 Å². The number of nitrogens with two attached hydrogens (primary N) is 1. The van der Waals surface area contributed by atoms with Crippen molar-refractivity contribution in [1.82, 2.24) is 46.2 Å². The first kappa shape index (κ1) is 63.3. The minimum Gasteiger partial charge on any atom is -0.370 e. The van der Waals surface area contributed by atoms with Crippen LogP contribution in [0.5, 0.6) is 0 Å². The lowest BCUT2D eigenvalue weighted by atomic mass is 9.91. The quantitative estimate of drug-likeness (QED) is 0.0326. The van der Waals surface area contributed by atoms with Crippen molar-refractivity contribution < 1.29 is 79.9 Å². The van der Waals surface area contributed by atoms with Crippen LogP contribution in [0.2, 0.25) is 0 Å². The molecule has 5 aliphatic heterocycles. The average molecular weight is 1250 g/mol. The summed E-state index contributed by atoms with van der Waals surface area (Å²) in [6, 6.07) is 4.37. The topological polar surface area (TPSA) is 327 Å². The zero-order valence-electron chi connectivity index (χ0n) is 47.0. The average Bonchev–Trinajstić information content (AvgIpc) is 1.86. The molecule has 5 aliphatic rings. The Hall–Kier alpha value is -8.25. The molecule has 0 spiro atoms. The SMILES string of the molecule is CNC(=O)N1CC[C@H]2CC[C@@H](C(=O)N[C@@H](CCC(N)=O)C(=O)N[C@@H](Cc3ccc(F)c(F)c3)C(=O)N3CCC(CCC#Cc4cccc5c4CN(C4CCC(=O)NC4=O)C5=O)CC3)N2C(=O)[C@@H](NC(=O)c2cc3cc(C(F)(F)P(=O)(O)O)ccc3s2)C1. The third-order valence-corrected chi connectivity index (χ3v) is 18.6. The molecule has 6 atom stereocenters. The van der Waals surface area contributed by atoms with Gasteiger partial charge in [0.15, 0.2) is 11.6 Å². The number of halogens is 4. The van der Waals surface area contributed by atoms with Gasteiger partial charge in [-0.1, -0.05) is 30.0 Å². The van der Waals surface area contributed by atoms with Crippen LogP contribution in [0.3, 0.4) is 0 Å². The molecule has 1 aromatic heterocycles. The number of rotatable bonds is 17. The van der Waals surface area contributed by atoms with Crippen molar-refractivity contribution in [3.05, 3.63) is 105 Å². The van der Waals surface area contributed by atoms with Gasteiger partial charge in [0, 0.05) is 86.3 Å². The predicted octanol–water partition coefficient (Wildman–Crippen LogP) is 3.22. The summed E-state index contributed by atoms with van der Waals surface area (Å²) >= 11 is 0.824. The van der Waals surface area contributed by atoms with Gasteiger partial charge in [-0.05, 0) is 116 Å². The fourth-order valence-electron chi connectivity index (χ4n) is 11.8. The summed E-state index contributed by atoms with van der Waals surface area (Å²) < 4.78 is 69.9. The molecule has 0 bridgehead atoms. The van der Waals surface area contributed by atoms with Crippen LogP contribution in [0.4, 0.5) is 22.4 Å². The fourth-order valence-corrected chi connectivity index (χ4v) is 13.2. The van der Waals surface area contributed by atoms with Gasteiger partial charge < -0.3 is 56.4 Å². The Morgan fingerprint density at radius 3 is 2.33 bits per heavy atom. The molecule has 9 rings (SSSR count). The number of thiophene rings is 1. The highest BCUT2D eigenvalue weighted by Gasteiger charge is 2.51. The molecule has 0 saturated carbocycles. The number of alkyl halides is 2. The minimum atomic E-state index is -5.93. The van der Waals surface area contributed by atoms with E-state index < -0.39 is 127 Å². The number of primary amides is 1. The number of nitrogens with one attached hydrogen (secondary N) is 5. The molecule has 0 aliphatic carbocycles. The molecule has 11 amide bonds. The van der Waals surface area contributed by atoms with E-state index in [2.05, 4.69) is 38.4 Å². The Labute approximate surface area is 499 Å². The van der Waals surface area contributed by atoms with Gasteiger partial charge in [-0.15, -0.1) is 11.3 Å². The molecule has 9 N–H and O–H groups in total. The number of hydrogen-bond acceptors (Lipinski definition) is 12. The number of nitrogens with zero attached hydrogens (tertiary/aromatic N) is 4. The van der Waals surface area contributed by atoms with Crippen LogP contribution in [0, 0.1) is 29.4 Å². The van der Waals surface area contributed by atoms with E-state index in [4.69, 9.17) is 5.73 Å². The maximum Gasteiger partial charge on any atom is 0.399 e. The zero-order chi connectivity index (χ0) is 62.6. The summed E-state index contributed by atoms with van der Waals surface area (Å²) in [4.78, 5) is 159. The normalized spacial score (nSPS) is 20.7. The maximum atomic E-state index is 14.8. The summed E-state index contributed by atoms with van der Waals surface area (Å²) in [5.74, 6) is -1.98. The molecule has 6 heterocycles. The minimum absolute atomic E-state index is 0.0348. The van der Waals surface area contributed by atoms with Gasteiger partial charge in [0.2, 0.25) is 41.4 Å². The van der Waals surface area contributed by atoms with Crippen LogP contribution < -0.4 is 32.3 Å². The van der Waals surface area contributed by atoms with Gasteiger partial charge >= 0.3 is 19.3 Å². The Kier molecular flexibility index (Phi) is 19.2. The largest absolute Gasteiger partial charge is 0.399 e. The van der Waals surface area contributed by atoms with Gasteiger partial charge in [0.05, 0.1) is 11.4 Å². The zero-order valence-corrected chi connectivity index (χ0v) is 48.7. The van der Waals surface area contributed by atoms with E-state index in [1.807, 2.05) is 0 Å². The monoisotopic (exact) mass is 1250 g/mol. The fraction of sp³-hybridized carbons (Fsp3) is 0.448. The third-order valence-electron chi connectivity index (χ3n) is 16.5. The number of hydrogen-bond donors (Lipinski definition) is 8. The molecular weight excluding hydrogens is 1180 g/mol. The lowest BCUT2D eigenvalue weighted by molar-refractivity contribution is -0.144. The summed E-state index contributed by atoms with van der Waals surface area (Å²) in [6.07, 6.45) is 1.87. The van der Waals surface area contributed by atoms with Crippen molar-refractivity contribution in [1.29, 1.82) is 0 Å².